The summed E-state index contributed by atoms with van der Waals surface area (Å²) in [5.74, 6) is 0.260. The van der Waals surface area contributed by atoms with Gasteiger partial charge in [-0.15, -0.1) is 0 Å². The molecule has 1 unspecified atom stereocenters. The van der Waals surface area contributed by atoms with Crippen LogP contribution in [0.15, 0.2) is 5.16 Å². The van der Waals surface area contributed by atoms with Crippen LogP contribution in [0.4, 0.5) is 4.79 Å². The lowest BCUT2D eigenvalue weighted by Crippen LogP contribution is -2.25. The molecule has 0 aromatic heterocycles. The molecule has 1 rings (SSSR count). The Morgan fingerprint density at radius 3 is 2.21 bits per heavy atom. The third-order valence-electron chi connectivity index (χ3n) is 1.00. The number of nitrogens with zero attached hydrogens (tertiary/aromatic N) is 1. The fraction of sp³-hybridized carbons (Fsp3) is 0.400. The van der Waals surface area contributed by atoms with E-state index in [0.717, 1.165) is 0 Å². The molecule has 7 nitrogen and oxygen atoms in total. The van der Waals surface area contributed by atoms with Gasteiger partial charge in [0.1, 0.15) is 0 Å². The highest BCUT2D eigenvalue weighted by molar-refractivity contribution is 8.42. The highest BCUT2D eigenvalue weighted by atomic mass is 32.2. The van der Waals surface area contributed by atoms with Gasteiger partial charge in [0.05, 0.1) is 5.25 Å². The number of carboxylic acid groups (broad SMARTS) is 1. The Bertz CT molecular complexity index is 253. The normalized spacial score (nSPS) is 22.6. The largest absolute Gasteiger partial charge is 0.465 e. The topological polar surface area (TPSA) is 139 Å². The Kier molecular flexibility index (Phi) is 5.88. The number of rotatable bonds is 1. The molecule has 1 fully saturated rings. The number of carbonyl (C=O) groups is 2. The maximum Gasteiger partial charge on any atom is 0.402 e. The monoisotopic (exact) mass is 239 g/mol. The number of oxime groups is 1. The van der Waals surface area contributed by atoms with E-state index in [9.17, 15) is 4.79 Å². The summed E-state index contributed by atoms with van der Waals surface area (Å²) in [6.45, 7) is 0. The summed E-state index contributed by atoms with van der Waals surface area (Å²) < 4.78 is 0.517. The maximum atomic E-state index is 10.5. The molecule has 0 spiro atoms. The van der Waals surface area contributed by atoms with Crippen molar-refractivity contribution in [2.24, 2.45) is 16.6 Å². The van der Waals surface area contributed by atoms with Crippen molar-refractivity contribution in [3.05, 3.63) is 0 Å². The van der Waals surface area contributed by atoms with Gasteiger partial charge in [-0.2, -0.15) is 0 Å². The van der Waals surface area contributed by atoms with Crippen molar-refractivity contribution in [1.29, 1.82) is 0 Å². The van der Waals surface area contributed by atoms with Crippen molar-refractivity contribution in [2.45, 2.75) is 5.25 Å². The zero-order valence-electron chi connectivity index (χ0n) is 6.91. The molecule has 6 N–H and O–H groups in total. The molecule has 0 aromatic rings. The van der Waals surface area contributed by atoms with E-state index in [1.165, 1.54) is 23.5 Å². The van der Waals surface area contributed by atoms with Crippen LogP contribution in [0.25, 0.3) is 0 Å². The average molecular weight is 239 g/mol. The predicted molar refractivity (Wildman–Crippen MR) is 54.5 cm³/mol. The molecule has 2 amide bonds. The first kappa shape index (κ1) is 12.9. The minimum atomic E-state index is -1.33. The van der Waals surface area contributed by atoms with E-state index in [1.807, 2.05) is 0 Å². The van der Waals surface area contributed by atoms with Crippen LogP contribution >= 0.6 is 23.5 Å². The second kappa shape index (κ2) is 6.38. The van der Waals surface area contributed by atoms with E-state index in [4.69, 9.17) is 20.8 Å². The summed E-state index contributed by atoms with van der Waals surface area (Å²) in [7, 11) is 0. The first-order valence-electron chi connectivity index (χ1n) is 3.26. The van der Waals surface area contributed by atoms with Crippen LogP contribution in [-0.4, -0.2) is 37.7 Å². The molecule has 1 atom stereocenters. The molecule has 14 heavy (non-hydrogen) atoms. The Morgan fingerprint density at radius 1 is 1.50 bits per heavy atom. The number of amides is 2. The molecule has 1 aliphatic heterocycles. The summed E-state index contributed by atoms with van der Waals surface area (Å²) in [5.41, 5.74) is 9.03. The SMILES string of the molecule is NC(=O)C1CSC(=NO)S1.NC(=O)O. The van der Waals surface area contributed by atoms with E-state index < -0.39 is 6.09 Å². The number of nitrogens with two attached hydrogens (primary N) is 2. The van der Waals surface area contributed by atoms with Crippen LogP contribution in [-0.2, 0) is 4.79 Å². The van der Waals surface area contributed by atoms with E-state index in [0.29, 0.717) is 10.1 Å². The molecule has 1 aliphatic rings. The Balaban J connectivity index is 0.000000364. The molecular formula is C5H9N3O4S2. The van der Waals surface area contributed by atoms with E-state index in [2.05, 4.69) is 10.9 Å². The number of thioether (sulfide) groups is 2. The van der Waals surface area contributed by atoms with Gasteiger partial charge in [0.15, 0.2) is 4.38 Å². The van der Waals surface area contributed by atoms with Gasteiger partial charge < -0.3 is 21.8 Å². The molecule has 0 bridgehead atoms. The summed E-state index contributed by atoms with van der Waals surface area (Å²) in [5, 5.41) is 18.2. The van der Waals surface area contributed by atoms with Crippen LogP contribution in [0.2, 0.25) is 0 Å². The van der Waals surface area contributed by atoms with Crippen molar-refractivity contribution in [2.75, 3.05) is 5.75 Å². The standard InChI is InChI=1S/C4H6N2O2S2.CH3NO2/c5-3(7)2-1-9-4(6-8)10-2;2-1(3)4/h2,8H,1H2,(H2,5,7);2H2,(H,3,4). The minimum absolute atomic E-state index is 0.226. The molecule has 1 saturated heterocycles. The van der Waals surface area contributed by atoms with Crippen molar-refractivity contribution >= 4 is 39.9 Å². The predicted octanol–water partition coefficient (Wildman–Crippen LogP) is -0.311. The minimum Gasteiger partial charge on any atom is -0.465 e. The quantitative estimate of drug-likeness (QED) is 0.365. The van der Waals surface area contributed by atoms with Crippen LogP contribution in [0.5, 0.6) is 0 Å². The van der Waals surface area contributed by atoms with Crippen LogP contribution in [0.1, 0.15) is 0 Å². The molecule has 0 aromatic carbocycles. The van der Waals surface area contributed by atoms with Crippen molar-refractivity contribution in [1.82, 2.24) is 0 Å². The zero-order chi connectivity index (χ0) is 11.1. The molecule has 0 saturated carbocycles. The maximum absolute atomic E-state index is 10.5. The first-order chi connectivity index (χ1) is 6.47. The van der Waals surface area contributed by atoms with E-state index in [-0.39, 0.29) is 11.2 Å². The van der Waals surface area contributed by atoms with Gasteiger partial charge in [-0.05, 0) is 0 Å². The van der Waals surface area contributed by atoms with Crippen molar-refractivity contribution < 1.29 is 19.9 Å². The Morgan fingerprint density at radius 2 is 2.00 bits per heavy atom. The van der Waals surface area contributed by atoms with Gasteiger partial charge in [-0.25, -0.2) is 4.79 Å². The van der Waals surface area contributed by atoms with Gasteiger partial charge in [0.25, 0.3) is 0 Å². The van der Waals surface area contributed by atoms with Crippen molar-refractivity contribution in [3.63, 3.8) is 0 Å². The lowest BCUT2D eigenvalue weighted by molar-refractivity contribution is -0.117. The van der Waals surface area contributed by atoms with Gasteiger partial charge >= 0.3 is 6.09 Å². The first-order valence-corrected chi connectivity index (χ1v) is 5.13. The number of primary amides is 2. The summed E-state index contributed by atoms with van der Waals surface area (Å²) in [6.07, 6.45) is -1.33. The third kappa shape index (κ3) is 5.54. The van der Waals surface area contributed by atoms with Gasteiger partial charge in [-0.3, -0.25) is 4.79 Å². The smallest absolute Gasteiger partial charge is 0.402 e. The number of hydrogen-bond donors (Lipinski definition) is 4. The second-order valence-corrected chi connectivity index (χ2v) is 4.48. The van der Waals surface area contributed by atoms with E-state index in [1.54, 1.807) is 0 Å². The van der Waals surface area contributed by atoms with Crippen LogP contribution in [0.3, 0.4) is 0 Å². The molecular weight excluding hydrogens is 230 g/mol. The lowest BCUT2D eigenvalue weighted by Gasteiger charge is -1.96. The fourth-order valence-electron chi connectivity index (χ4n) is 0.529. The van der Waals surface area contributed by atoms with Crippen LogP contribution in [0, 0.1) is 0 Å². The molecule has 1 heterocycles. The van der Waals surface area contributed by atoms with Gasteiger partial charge in [-0.1, -0.05) is 28.7 Å². The Hall–Kier alpha value is -1.09. The average Bonchev–Trinajstić information content (AvgIpc) is 2.50. The highest BCUT2D eigenvalue weighted by Crippen LogP contribution is 2.32. The number of hydrogen-bond acceptors (Lipinski definition) is 6. The summed E-state index contributed by atoms with van der Waals surface area (Å²) >= 11 is 2.55. The van der Waals surface area contributed by atoms with Crippen molar-refractivity contribution in [3.8, 4) is 0 Å². The number of carbonyl (C=O) groups excluding carboxylic acids is 1. The van der Waals surface area contributed by atoms with Gasteiger partial charge in [0.2, 0.25) is 5.91 Å². The van der Waals surface area contributed by atoms with Gasteiger partial charge in [0, 0.05) is 5.75 Å². The zero-order valence-corrected chi connectivity index (χ0v) is 8.55. The van der Waals surface area contributed by atoms with E-state index >= 15 is 0 Å². The molecule has 0 aliphatic carbocycles. The fourth-order valence-corrected chi connectivity index (χ4v) is 2.75. The highest BCUT2D eigenvalue weighted by Gasteiger charge is 2.26. The third-order valence-corrected chi connectivity index (χ3v) is 3.65. The molecule has 9 heteroatoms. The Labute approximate surface area is 87.9 Å². The lowest BCUT2D eigenvalue weighted by atomic mass is 10.5. The second-order valence-electron chi connectivity index (χ2n) is 2.02. The molecule has 80 valence electrons. The summed E-state index contributed by atoms with van der Waals surface area (Å²) in [4.78, 5) is 19.3. The van der Waals surface area contributed by atoms with Crippen LogP contribution < -0.4 is 11.5 Å². The summed E-state index contributed by atoms with van der Waals surface area (Å²) in [6, 6.07) is 0. The molecule has 0 radical (unpaired) electrons.